The maximum absolute atomic E-state index is 14.9. The Morgan fingerprint density at radius 1 is 1.05 bits per heavy atom. The minimum absolute atomic E-state index is 0.0703. The molecule has 6 rings (SSSR count). The molecule has 1 amide bonds. The number of nitrogens with one attached hydrogen (secondary N) is 3. The number of aromatic nitrogens is 5. The van der Waals surface area contributed by atoms with E-state index in [-0.39, 0.29) is 24.1 Å². The fourth-order valence-corrected chi connectivity index (χ4v) is 4.58. The van der Waals surface area contributed by atoms with Crippen molar-refractivity contribution in [2.45, 2.75) is 20.3 Å². The van der Waals surface area contributed by atoms with E-state index in [0.717, 1.165) is 44.4 Å². The highest BCUT2D eigenvalue weighted by atomic mass is 19.1. The van der Waals surface area contributed by atoms with Crippen molar-refractivity contribution in [1.29, 1.82) is 0 Å². The van der Waals surface area contributed by atoms with Crippen LogP contribution in [0.4, 0.5) is 10.1 Å². The topological polar surface area (TPSA) is 99.3 Å². The molecule has 0 unspecified atom stereocenters. The first kappa shape index (κ1) is 23.5. The first-order valence-corrected chi connectivity index (χ1v) is 12.4. The molecule has 38 heavy (non-hydrogen) atoms. The number of H-pyrrole nitrogens is 2. The number of aromatic amines is 2. The van der Waals surface area contributed by atoms with E-state index in [1.54, 1.807) is 18.6 Å². The molecule has 0 saturated carbocycles. The first-order valence-electron chi connectivity index (χ1n) is 12.4. The van der Waals surface area contributed by atoms with Crippen LogP contribution in [0.3, 0.4) is 0 Å². The average Bonchev–Trinajstić information content (AvgIpc) is 3.48. The number of carbonyl (C=O) groups excluding carboxylic acids is 1. The van der Waals surface area contributed by atoms with Crippen LogP contribution in [0, 0.1) is 5.92 Å². The minimum atomic E-state index is -0.161. The van der Waals surface area contributed by atoms with Crippen LogP contribution in [0.1, 0.15) is 25.8 Å². The third-order valence-corrected chi connectivity index (χ3v) is 6.60. The number of hydrogen-bond donors (Lipinski definition) is 3. The van der Waals surface area contributed by atoms with Crippen LogP contribution >= 0.6 is 0 Å². The monoisotopic (exact) mass is 504 g/mol. The number of pyridine rings is 2. The lowest BCUT2D eigenvalue weighted by atomic mass is 10.00. The molecule has 0 fully saturated rings. The van der Waals surface area contributed by atoms with Crippen molar-refractivity contribution in [2.75, 3.05) is 5.32 Å². The molecule has 0 bridgehead atoms. The van der Waals surface area contributed by atoms with E-state index in [2.05, 4.69) is 30.5 Å². The summed E-state index contributed by atoms with van der Waals surface area (Å²) in [6, 6.07) is 11.7. The lowest BCUT2D eigenvalue weighted by Gasteiger charge is -2.09. The molecule has 4 heterocycles. The smallest absolute Gasteiger partial charge is 0.226 e. The molecule has 0 aliphatic heterocycles. The second-order valence-corrected chi connectivity index (χ2v) is 9.56. The van der Waals surface area contributed by atoms with Gasteiger partial charge in [0.25, 0.3) is 0 Å². The molecule has 8 heteroatoms. The average molecular weight is 505 g/mol. The van der Waals surface area contributed by atoms with Crippen LogP contribution in [0.25, 0.3) is 50.0 Å². The predicted octanol–water partition coefficient (Wildman–Crippen LogP) is 6.96. The number of carbonyl (C=O) groups is 1. The number of amides is 1. The quantitative estimate of drug-likeness (QED) is 0.241. The van der Waals surface area contributed by atoms with Gasteiger partial charge in [0.05, 0.1) is 23.3 Å². The molecule has 0 saturated heterocycles. The van der Waals surface area contributed by atoms with Gasteiger partial charge in [-0.25, -0.2) is 9.37 Å². The van der Waals surface area contributed by atoms with Crippen molar-refractivity contribution >= 4 is 39.1 Å². The number of hydrogen-bond acceptors (Lipinski definition) is 4. The SMILES string of the molecule is CC(C)C(=O)Nc1cncc(-c2cnc3n[nH]c(-c4cc5c(C6=C(F)CC=CC=C6)cccc5[nH]4)c3c2)c1. The Balaban J connectivity index is 1.41. The summed E-state index contributed by atoms with van der Waals surface area (Å²) in [7, 11) is 0. The summed E-state index contributed by atoms with van der Waals surface area (Å²) in [6.45, 7) is 3.69. The van der Waals surface area contributed by atoms with Crippen LogP contribution in [-0.2, 0) is 4.79 Å². The summed E-state index contributed by atoms with van der Waals surface area (Å²) in [5.74, 6) is -0.365. The highest BCUT2D eigenvalue weighted by molar-refractivity contribution is 6.01. The third-order valence-electron chi connectivity index (χ3n) is 6.60. The Labute approximate surface area is 218 Å². The number of allylic oxidation sites excluding steroid dienone is 6. The van der Waals surface area contributed by atoms with Gasteiger partial charge in [0.1, 0.15) is 5.83 Å². The molecule has 1 aliphatic carbocycles. The molecule has 188 valence electrons. The molecule has 5 aromatic rings. The lowest BCUT2D eigenvalue weighted by molar-refractivity contribution is -0.118. The zero-order chi connectivity index (χ0) is 26.2. The van der Waals surface area contributed by atoms with E-state index < -0.39 is 0 Å². The molecule has 1 aliphatic rings. The van der Waals surface area contributed by atoms with Crippen molar-refractivity contribution in [1.82, 2.24) is 25.1 Å². The van der Waals surface area contributed by atoms with Crippen LogP contribution in [0.15, 0.2) is 85.1 Å². The molecular formula is C30H25FN6O. The molecule has 0 radical (unpaired) electrons. The Kier molecular flexibility index (Phi) is 5.92. The molecule has 0 spiro atoms. The Bertz CT molecular complexity index is 1790. The van der Waals surface area contributed by atoms with E-state index in [0.29, 0.717) is 16.9 Å². The fourth-order valence-electron chi connectivity index (χ4n) is 4.58. The van der Waals surface area contributed by atoms with E-state index in [4.69, 9.17) is 0 Å². The molecule has 4 aromatic heterocycles. The summed E-state index contributed by atoms with van der Waals surface area (Å²) in [6.07, 6.45) is 12.7. The summed E-state index contributed by atoms with van der Waals surface area (Å²) < 4.78 is 14.9. The molecule has 7 nitrogen and oxygen atoms in total. The van der Waals surface area contributed by atoms with Crippen molar-refractivity contribution in [3.05, 3.63) is 90.7 Å². The number of nitrogens with zero attached hydrogens (tertiary/aromatic N) is 3. The second-order valence-electron chi connectivity index (χ2n) is 9.56. The summed E-state index contributed by atoms with van der Waals surface area (Å²) in [5.41, 5.74) is 6.78. The van der Waals surface area contributed by atoms with Gasteiger partial charge in [-0.15, -0.1) is 0 Å². The minimum Gasteiger partial charge on any atom is -0.353 e. The van der Waals surface area contributed by atoms with E-state index in [1.807, 2.05) is 74.5 Å². The first-order chi connectivity index (χ1) is 18.5. The largest absolute Gasteiger partial charge is 0.353 e. The van der Waals surface area contributed by atoms with Crippen molar-refractivity contribution in [2.24, 2.45) is 5.92 Å². The van der Waals surface area contributed by atoms with E-state index in [9.17, 15) is 9.18 Å². The number of anilines is 1. The maximum Gasteiger partial charge on any atom is 0.226 e. The van der Waals surface area contributed by atoms with Gasteiger partial charge in [0.2, 0.25) is 5.91 Å². The van der Waals surface area contributed by atoms with Crippen LogP contribution in [0.2, 0.25) is 0 Å². The molecule has 1 aromatic carbocycles. The standard InChI is InChI=1S/C30H25FN6O/c1-17(2)30(38)34-20-11-18(14-32-16-20)19-12-24-28(36-37-29(24)33-15-19)27-13-23-21(8-6-10-26(23)35-27)22-7-4-3-5-9-25(22)31/h3-8,10-17,35H,9H2,1-2H3,(H,34,38)(H,33,36,37). The fraction of sp³-hybridized carbons (Fsp3) is 0.133. The van der Waals surface area contributed by atoms with Gasteiger partial charge < -0.3 is 10.3 Å². The zero-order valence-corrected chi connectivity index (χ0v) is 20.9. The van der Waals surface area contributed by atoms with Gasteiger partial charge >= 0.3 is 0 Å². The van der Waals surface area contributed by atoms with Gasteiger partial charge in [-0.1, -0.05) is 50.3 Å². The maximum atomic E-state index is 14.9. The molecule has 0 atom stereocenters. The Hall–Kier alpha value is -4.85. The van der Waals surface area contributed by atoms with Crippen molar-refractivity contribution < 1.29 is 9.18 Å². The third kappa shape index (κ3) is 4.30. The normalized spacial score (nSPS) is 13.6. The molecule has 3 N–H and O–H groups in total. The van der Waals surface area contributed by atoms with E-state index in [1.165, 1.54) is 0 Å². The predicted molar refractivity (Wildman–Crippen MR) is 149 cm³/mol. The highest BCUT2D eigenvalue weighted by Gasteiger charge is 2.17. The Morgan fingerprint density at radius 2 is 1.92 bits per heavy atom. The van der Waals surface area contributed by atoms with Gasteiger partial charge in [0.15, 0.2) is 5.65 Å². The summed E-state index contributed by atoms with van der Waals surface area (Å²) >= 11 is 0. The number of fused-ring (bicyclic) bond motifs is 2. The van der Waals surface area contributed by atoms with Crippen LogP contribution in [0.5, 0.6) is 0 Å². The second kappa shape index (κ2) is 9.55. The number of benzene rings is 1. The van der Waals surface area contributed by atoms with Crippen LogP contribution < -0.4 is 5.32 Å². The van der Waals surface area contributed by atoms with Gasteiger partial charge in [-0.3, -0.25) is 14.9 Å². The van der Waals surface area contributed by atoms with Crippen molar-refractivity contribution in [3.63, 3.8) is 0 Å². The van der Waals surface area contributed by atoms with E-state index >= 15 is 0 Å². The highest BCUT2D eigenvalue weighted by Crippen LogP contribution is 2.35. The summed E-state index contributed by atoms with van der Waals surface area (Å²) in [4.78, 5) is 24.4. The number of rotatable bonds is 5. The van der Waals surface area contributed by atoms with Gasteiger partial charge in [-0.2, -0.15) is 5.10 Å². The summed E-state index contributed by atoms with van der Waals surface area (Å²) in [5, 5.41) is 12.1. The van der Waals surface area contributed by atoms with Gasteiger partial charge in [-0.05, 0) is 29.8 Å². The Morgan fingerprint density at radius 3 is 2.79 bits per heavy atom. The zero-order valence-electron chi connectivity index (χ0n) is 20.9. The lowest BCUT2D eigenvalue weighted by Crippen LogP contribution is -2.17. The van der Waals surface area contributed by atoms with Gasteiger partial charge in [0, 0.05) is 57.7 Å². The molecular weight excluding hydrogens is 479 g/mol. The van der Waals surface area contributed by atoms with Crippen LogP contribution in [-0.4, -0.2) is 31.1 Å². The van der Waals surface area contributed by atoms with Crippen molar-refractivity contribution in [3.8, 4) is 22.5 Å². The number of halogens is 1.